The van der Waals surface area contributed by atoms with Gasteiger partial charge in [0.15, 0.2) is 0 Å². The lowest BCUT2D eigenvalue weighted by molar-refractivity contribution is 0.112. The highest BCUT2D eigenvalue weighted by atomic mass is 28.4. The second-order valence-electron chi connectivity index (χ2n) is 5.89. The first-order valence-electron chi connectivity index (χ1n) is 7.80. The van der Waals surface area contributed by atoms with Gasteiger partial charge in [-0.25, -0.2) is 0 Å². The summed E-state index contributed by atoms with van der Waals surface area (Å²) in [4.78, 5) is 7.33. The third-order valence-electron chi connectivity index (χ3n) is 4.22. The molecule has 1 aliphatic heterocycles. The van der Waals surface area contributed by atoms with Crippen LogP contribution in [0.4, 0.5) is 0 Å². The van der Waals surface area contributed by atoms with Crippen molar-refractivity contribution in [2.75, 3.05) is 81.2 Å². The summed E-state index contributed by atoms with van der Waals surface area (Å²) in [6, 6.07) is 0.886. The number of piperazine rings is 1. The Morgan fingerprint density at radius 2 is 1.33 bits per heavy atom. The monoisotopic (exact) mass is 319 g/mol. The molecule has 1 fully saturated rings. The lowest BCUT2D eigenvalue weighted by atomic mass is 10.3. The van der Waals surface area contributed by atoms with E-state index in [9.17, 15) is 0 Å². The summed E-state index contributed by atoms with van der Waals surface area (Å²) in [5, 5.41) is 0. The first-order chi connectivity index (χ1) is 10.0. The Morgan fingerprint density at radius 1 is 0.857 bits per heavy atom. The van der Waals surface area contributed by atoms with Crippen molar-refractivity contribution >= 4 is 8.80 Å². The van der Waals surface area contributed by atoms with E-state index in [1.54, 1.807) is 21.3 Å². The second-order valence-corrected chi connectivity index (χ2v) is 8.98. The maximum absolute atomic E-state index is 5.46. The molecule has 0 aromatic carbocycles. The first-order valence-corrected chi connectivity index (χ1v) is 9.73. The Hall–Kier alpha value is -0.0231. The number of nitrogens with zero attached hydrogens (tertiary/aromatic N) is 3. The second kappa shape index (κ2) is 9.89. The predicted octanol–water partition coefficient (Wildman–Crippen LogP) is 0.434. The molecule has 0 radical (unpaired) electrons. The van der Waals surface area contributed by atoms with Gasteiger partial charge in [-0.15, -0.1) is 0 Å². The molecule has 1 rings (SSSR count). The Balaban J connectivity index is 2.18. The minimum absolute atomic E-state index is 0.886. The fourth-order valence-corrected chi connectivity index (χ4v) is 4.36. The van der Waals surface area contributed by atoms with Crippen molar-refractivity contribution in [2.45, 2.75) is 12.5 Å². The highest BCUT2D eigenvalue weighted by Gasteiger charge is 2.37. The Labute approximate surface area is 131 Å². The fraction of sp³-hybridized carbons (Fsp3) is 1.00. The van der Waals surface area contributed by atoms with E-state index < -0.39 is 8.80 Å². The largest absolute Gasteiger partial charge is 0.500 e. The van der Waals surface area contributed by atoms with Crippen LogP contribution in [0.3, 0.4) is 0 Å². The van der Waals surface area contributed by atoms with Crippen molar-refractivity contribution in [1.29, 1.82) is 0 Å². The van der Waals surface area contributed by atoms with E-state index in [1.807, 2.05) is 0 Å². The summed E-state index contributed by atoms with van der Waals surface area (Å²) < 4.78 is 16.4. The molecule has 21 heavy (non-hydrogen) atoms. The predicted molar refractivity (Wildman–Crippen MR) is 87.6 cm³/mol. The zero-order valence-corrected chi connectivity index (χ0v) is 15.4. The highest BCUT2D eigenvalue weighted by Crippen LogP contribution is 2.15. The molecule has 0 aromatic heterocycles. The lowest BCUT2D eigenvalue weighted by Crippen LogP contribution is -2.48. The molecule has 0 aliphatic carbocycles. The van der Waals surface area contributed by atoms with Crippen molar-refractivity contribution < 1.29 is 13.3 Å². The summed E-state index contributed by atoms with van der Waals surface area (Å²) >= 11 is 0. The van der Waals surface area contributed by atoms with Gasteiger partial charge in [0.2, 0.25) is 0 Å². The van der Waals surface area contributed by atoms with Crippen LogP contribution in [0.2, 0.25) is 6.04 Å². The van der Waals surface area contributed by atoms with E-state index in [0.717, 1.165) is 38.6 Å². The van der Waals surface area contributed by atoms with Gasteiger partial charge in [0.05, 0.1) is 0 Å². The van der Waals surface area contributed by atoms with E-state index in [1.165, 1.54) is 19.6 Å². The summed E-state index contributed by atoms with van der Waals surface area (Å²) in [5.74, 6) is 0. The van der Waals surface area contributed by atoms with Gasteiger partial charge in [-0.05, 0) is 27.1 Å². The van der Waals surface area contributed by atoms with Crippen LogP contribution in [0.5, 0.6) is 0 Å². The smallest absolute Gasteiger partial charge is 0.377 e. The van der Waals surface area contributed by atoms with Crippen molar-refractivity contribution in [3.63, 3.8) is 0 Å². The van der Waals surface area contributed by atoms with E-state index in [-0.39, 0.29) is 0 Å². The van der Waals surface area contributed by atoms with Gasteiger partial charge in [-0.1, -0.05) is 0 Å². The van der Waals surface area contributed by atoms with Gasteiger partial charge >= 0.3 is 8.80 Å². The quantitative estimate of drug-likeness (QED) is 0.544. The van der Waals surface area contributed by atoms with Gasteiger partial charge in [0, 0.05) is 66.6 Å². The molecule has 1 saturated heterocycles. The van der Waals surface area contributed by atoms with Gasteiger partial charge in [-0.3, -0.25) is 4.90 Å². The van der Waals surface area contributed by atoms with Crippen LogP contribution in [0.15, 0.2) is 0 Å². The number of likely N-dealkylation sites (N-methyl/N-ethyl adjacent to an activating group) is 1. The molecule has 126 valence electrons. The summed E-state index contributed by atoms with van der Waals surface area (Å²) in [6.45, 7) is 8.10. The standard InChI is InChI=1S/C14H33N3O3Si/c1-15(2)8-9-17-12-10-16(11-13-17)7-6-14-21(18-3,19-4)20-5/h6-14H2,1-5H3. The van der Waals surface area contributed by atoms with E-state index in [0.29, 0.717) is 0 Å². The fourth-order valence-electron chi connectivity index (χ4n) is 2.65. The Bertz CT molecular complexity index is 262. The number of rotatable bonds is 10. The van der Waals surface area contributed by atoms with E-state index in [2.05, 4.69) is 28.8 Å². The van der Waals surface area contributed by atoms with Crippen LogP contribution in [-0.2, 0) is 13.3 Å². The average Bonchev–Trinajstić information content (AvgIpc) is 2.51. The maximum atomic E-state index is 5.46. The van der Waals surface area contributed by atoms with Gasteiger partial charge in [0.25, 0.3) is 0 Å². The summed E-state index contributed by atoms with van der Waals surface area (Å²) in [6.07, 6.45) is 1.07. The molecule has 0 spiro atoms. The minimum Gasteiger partial charge on any atom is -0.377 e. The molecule has 6 nitrogen and oxygen atoms in total. The zero-order chi connectivity index (χ0) is 15.7. The van der Waals surface area contributed by atoms with Crippen molar-refractivity contribution in [3.8, 4) is 0 Å². The summed E-state index contributed by atoms with van der Waals surface area (Å²) in [5.41, 5.74) is 0. The molecule has 0 aromatic rings. The molecule has 7 heteroatoms. The maximum Gasteiger partial charge on any atom is 0.500 e. The van der Waals surface area contributed by atoms with Gasteiger partial charge < -0.3 is 23.1 Å². The lowest BCUT2D eigenvalue weighted by Gasteiger charge is -2.35. The molecule has 0 N–H and O–H groups in total. The van der Waals surface area contributed by atoms with Crippen molar-refractivity contribution in [3.05, 3.63) is 0 Å². The Kier molecular flexibility index (Phi) is 8.96. The van der Waals surface area contributed by atoms with Crippen LogP contribution in [0.1, 0.15) is 6.42 Å². The van der Waals surface area contributed by atoms with Crippen LogP contribution in [-0.4, -0.2) is 105 Å². The highest BCUT2D eigenvalue weighted by molar-refractivity contribution is 6.60. The molecular formula is C14H33N3O3Si. The first kappa shape index (κ1) is 19.0. The van der Waals surface area contributed by atoms with E-state index >= 15 is 0 Å². The molecule has 1 heterocycles. The SMILES string of the molecule is CO[Si](CCCN1CCN(CCN(C)C)CC1)(OC)OC. The van der Waals surface area contributed by atoms with Gasteiger partial charge in [-0.2, -0.15) is 0 Å². The number of hydrogen-bond acceptors (Lipinski definition) is 6. The molecule has 1 aliphatic rings. The van der Waals surface area contributed by atoms with Crippen molar-refractivity contribution in [2.24, 2.45) is 0 Å². The molecule has 0 unspecified atom stereocenters. The molecular weight excluding hydrogens is 286 g/mol. The van der Waals surface area contributed by atoms with E-state index in [4.69, 9.17) is 13.3 Å². The Morgan fingerprint density at radius 3 is 1.76 bits per heavy atom. The van der Waals surface area contributed by atoms with Crippen LogP contribution < -0.4 is 0 Å². The third-order valence-corrected chi connectivity index (χ3v) is 7.05. The molecule has 0 amide bonds. The molecule has 0 bridgehead atoms. The zero-order valence-electron chi connectivity index (χ0n) is 14.4. The average molecular weight is 320 g/mol. The van der Waals surface area contributed by atoms with Crippen LogP contribution in [0, 0.1) is 0 Å². The van der Waals surface area contributed by atoms with Gasteiger partial charge in [0.1, 0.15) is 0 Å². The number of hydrogen-bond donors (Lipinski definition) is 0. The topological polar surface area (TPSA) is 37.4 Å². The third kappa shape index (κ3) is 6.73. The molecule has 0 atom stereocenters. The van der Waals surface area contributed by atoms with Crippen LogP contribution >= 0.6 is 0 Å². The van der Waals surface area contributed by atoms with Crippen molar-refractivity contribution in [1.82, 2.24) is 14.7 Å². The van der Waals surface area contributed by atoms with Crippen LogP contribution in [0.25, 0.3) is 0 Å². The minimum atomic E-state index is -2.38. The summed E-state index contributed by atoms with van der Waals surface area (Å²) in [7, 11) is 6.93. The normalized spacial score (nSPS) is 18.6. The molecule has 0 saturated carbocycles.